The lowest BCUT2D eigenvalue weighted by Gasteiger charge is -2.21. The quantitative estimate of drug-likeness (QED) is 0.559. The maximum Gasteiger partial charge on any atom is 0.144 e. The third-order valence-corrected chi connectivity index (χ3v) is 4.57. The van der Waals surface area contributed by atoms with Crippen LogP contribution in [0.25, 0.3) is 17.1 Å². The van der Waals surface area contributed by atoms with E-state index in [4.69, 9.17) is 0 Å². The van der Waals surface area contributed by atoms with Gasteiger partial charge in [-0.1, -0.05) is 58.0 Å². The number of nitriles is 1. The van der Waals surface area contributed by atoms with Gasteiger partial charge >= 0.3 is 0 Å². The normalized spacial score (nSPS) is 11.1. The highest BCUT2D eigenvalue weighted by Crippen LogP contribution is 2.30. The van der Waals surface area contributed by atoms with Crippen molar-refractivity contribution in [1.82, 2.24) is 9.55 Å². The lowest BCUT2D eigenvalue weighted by Crippen LogP contribution is -2.10. The summed E-state index contributed by atoms with van der Waals surface area (Å²) >= 11 is 0. The fraction of sp³-hybridized carbons (Fsp3) is 0.333. The second-order valence-corrected chi connectivity index (χ2v) is 7.94. The largest absolute Gasteiger partial charge is 0.299 e. The number of hydrogen-bond donors (Lipinski definition) is 0. The summed E-state index contributed by atoms with van der Waals surface area (Å²) in [5.74, 6) is 1.96. The van der Waals surface area contributed by atoms with Crippen molar-refractivity contribution in [2.24, 2.45) is 11.8 Å². The van der Waals surface area contributed by atoms with Crippen molar-refractivity contribution in [3.05, 3.63) is 71.5 Å². The molecule has 0 atom stereocenters. The first-order valence-corrected chi connectivity index (χ1v) is 9.64. The van der Waals surface area contributed by atoms with Crippen LogP contribution in [-0.2, 0) is 12.8 Å². The van der Waals surface area contributed by atoms with Crippen LogP contribution in [0.1, 0.15) is 44.4 Å². The third-order valence-electron chi connectivity index (χ3n) is 4.57. The Balaban J connectivity index is 2.25. The average Bonchev–Trinajstić information content (AvgIpc) is 3.10. The Labute approximate surface area is 162 Å². The van der Waals surface area contributed by atoms with E-state index in [0.29, 0.717) is 11.8 Å². The SMILES string of the molecule is CC(C)Cc1cc(C#N)cc(CC(C)C)c1-n1ccnc1-c1ccccc1. The molecule has 0 fully saturated rings. The first-order chi connectivity index (χ1) is 13.0. The molecule has 0 amide bonds. The fourth-order valence-electron chi connectivity index (χ4n) is 3.61. The first-order valence-electron chi connectivity index (χ1n) is 9.64. The van der Waals surface area contributed by atoms with Gasteiger partial charge in [0.05, 0.1) is 17.3 Å². The molecule has 0 saturated carbocycles. The topological polar surface area (TPSA) is 41.6 Å². The molecule has 2 aromatic carbocycles. The van der Waals surface area contributed by atoms with Crippen LogP contribution in [-0.4, -0.2) is 9.55 Å². The van der Waals surface area contributed by atoms with Crippen LogP contribution in [0, 0.1) is 23.2 Å². The van der Waals surface area contributed by atoms with Gasteiger partial charge in [0.25, 0.3) is 0 Å². The monoisotopic (exact) mass is 357 g/mol. The summed E-state index contributed by atoms with van der Waals surface area (Å²) in [7, 11) is 0. The van der Waals surface area contributed by atoms with Gasteiger partial charge in [0, 0.05) is 18.0 Å². The molecular formula is C24H27N3. The Morgan fingerprint density at radius 3 is 2.07 bits per heavy atom. The molecule has 0 radical (unpaired) electrons. The van der Waals surface area contributed by atoms with Gasteiger partial charge in [-0.15, -0.1) is 0 Å². The van der Waals surface area contributed by atoms with Crippen LogP contribution >= 0.6 is 0 Å². The Hall–Kier alpha value is -2.86. The molecule has 3 rings (SSSR count). The summed E-state index contributed by atoms with van der Waals surface area (Å²) in [6.45, 7) is 8.88. The van der Waals surface area contributed by atoms with Gasteiger partial charge in [-0.05, 0) is 47.9 Å². The number of imidazole rings is 1. The highest BCUT2D eigenvalue weighted by Gasteiger charge is 2.18. The number of hydrogen-bond acceptors (Lipinski definition) is 2. The highest BCUT2D eigenvalue weighted by atomic mass is 15.1. The molecule has 0 saturated heterocycles. The molecule has 0 bridgehead atoms. The van der Waals surface area contributed by atoms with Crippen molar-refractivity contribution in [2.75, 3.05) is 0 Å². The van der Waals surface area contributed by atoms with E-state index in [1.165, 1.54) is 16.8 Å². The maximum absolute atomic E-state index is 9.54. The first kappa shape index (κ1) is 18.9. The summed E-state index contributed by atoms with van der Waals surface area (Å²) in [5.41, 5.74) is 5.46. The Kier molecular flexibility index (Phi) is 5.76. The molecule has 138 valence electrons. The zero-order valence-corrected chi connectivity index (χ0v) is 16.6. The van der Waals surface area contributed by atoms with Crippen LogP contribution in [0.4, 0.5) is 0 Å². The molecule has 3 heteroatoms. The van der Waals surface area contributed by atoms with Crippen LogP contribution in [0.5, 0.6) is 0 Å². The summed E-state index contributed by atoms with van der Waals surface area (Å²) in [6.07, 6.45) is 5.76. The zero-order valence-electron chi connectivity index (χ0n) is 16.6. The molecule has 0 aliphatic rings. The standard InChI is InChI=1S/C24H27N3/c1-17(2)12-21-14-19(16-25)15-22(13-18(3)4)23(21)27-11-10-26-24(27)20-8-6-5-7-9-20/h5-11,14-15,17-18H,12-13H2,1-4H3. The smallest absolute Gasteiger partial charge is 0.144 e. The van der Waals surface area contributed by atoms with Gasteiger partial charge in [-0.25, -0.2) is 4.98 Å². The van der Waals surface area contributed by atoms with Crippen molar-refractivity contribution < 1.29 is 0 Å². The zero-order chi connectivity index (χ0) is 19.4. The molecule has 3 aromatic rings. The van der Waals surface area contributed by atoms with E-state index in [-0.39, 0.29) is 0 Å². The molecule has 0 aliphatic heterocycles. The van der Waals surface area contributed by atoms with E-state index in [1.807, 2.05) is 42.7 Å². The molecular weight excluding hydrogens is 330 g/mol. The minimum absolute atomic E-state index is 0.508. The van der Waals surface area contributed by atoms with Crippen molar-refractivity contribution in [2.45, 2.75) is 40.5 Å². The molecule has 0 spiro atoms. The van der Waals surface area contributed by atoms with E-state index in [9.17, 15) is 5.26 Å². The number of aromatic nitrogens is 2. The van der Waals surface area contributed by atoms with Crippen molar-refractivity contribution in [3.8, 4) is 23.1 Å². The fourth-order valence-corrected chi connectivity index (χ4v) is 3.61. The van der Waals surface area contributed by atoms with E-state index in [2.05, 4.69) is 55.4 Å². The van der Waals surface area contributed by atoms with Crippen LogP contribution in [0.15, 0.2) is 54.9 Å². The van der Waals surface area contributed by atoms with Crippen molar-refractivity contribution in [1.29, 1.82) is 5.26 Å². The van der Waals surface area contributed by atoms with Gasteiger partial charge in [-0.3, -0.25) is 4.57 Å². The molecule has 1 aromatic heterocycles. The van der Waals surface area contributed by atoms with Gasteiger partial charge in [0.1, 0.15) is 5.82 Å². The van der Waals surface area contributed by atoms with Crippen LogP contribution < -0.4 is 0 Å². The van der Waals surface area contributed by atoms with Gasteiger partial charge < -0.3 is 0 Å². The second-order valence-electron chi connectivity index (χ2n) is 7.94. The summed E-state index contributed by atoms with van der Waals surface area (Å²) in [6, 6.07) is 16.7. The summed E-state index contributed by atoms with van der Waals surface area (Å²) < 4.78 is 2.20. The summed E-state index contributed by atoms with van der Waals surface area (Å²) in [4.78, 5) is 4.64. The Morgan fingerprint density at radius 1 is 0.963 bits per heavy atom. The van der Waals surface area contributed by atoms with Crippen LogP contribution in [0.2, 0.25) is 0 Å². The molecule has 3 nitrogen and oxygen atoms in total. The van der Waals surface area contributed by atoms with Gasteiger partial charge in [0.2, 0.25) is 0 Å². The Morgan fingerprint density at radius 2 is 1.56 bits per heavy atom. The molecule has 0 unspecified atom stereocenters. The molecule has 27 heavy (non-hydrogen) atoms. The molecule has 0 aliphatic carbocycles. The lowest BCUT2D eigenvalue weighted by molar-refractivity contribution is 0.631. The van der Waals surface area contributed by atoms with Crippen LogP contribution in [0.3, 0.4) is 0 Å². The lowest BCUT2D eigenvalue weighted by atomic mass is 9.92. The van der Waals surface area contributed by atoms with Crippen molar-refractivity contribution in [3.63, 3.8) is 0 Å². The number of benzene rings is 2. The number of nitrogens with zero attached hydrogens (tertiary/aromatic N) is 3. The Bertz CT molecular complexity index is 912. The highest BCUT2D eigenvalue weighted by molar-refractivity contribution is 5.62. The predicted molar refractivity (Wildman–Crippen MR) is 111 cm³/mol. The van der Waals surface area contributed by atoms with Gasteiger partial charge in [-0.2, -0.15) is 5.26 Å². The molecule has 0 N–H and O–H groups in total. The third kappa shape index (κ3) is 4.28. The van der Waals surface area contributed by atoms with Crippen molar-refractivity contribution >= 4 is 0 Å². The number of rotatable bonds is 6. The van der Waals surface area contributed by atoms with E-state index < -0.39 is 0 Å². The minimum Gasteiger partial charge on any atom is -0.299 e. The minimum atomic E-state index is 0.508. The summed E-state index contributed by atoms with van der Waals surface area (Å²) in [5, 5.41) is 9.54. The predicted octanol–water partition coefficient (Wildman–Crippen LogP) is 5.81. The van der Waals surface area contributed by atoms with E-state index in [1.54, 1.807) is 0 Å². The maximum atomic E-state index is 9.54. The second kappa shape index (κ2) is 8.22. The van der Waals surface area contributed by atoms with E-state index >= 15 is 0 Å². The van der Waals surface area contributed by atoms with E-state index in [0.717, 1.165) is 29.8 Å². The molecule has 1 heterocycles. The average molecular weight is 358 g/mol. The van der Waals surface area contributed by atoms with Gasteiger partial charge in [0.15, 0.2) is 0 Å².